The van der Waals surface area contributed by atoms with Crippen molar-refractivity contribution in [3.63, 3.8) is 0 Å². The van der Waals surface area contributed by atoms with Gasteiger partial charge in [-0.15, -0.1) is 0 Å². The zero-order chi connectivity index (χ0) is 16.1. The van der Waals surface area contributed by atoms with Crippen molar-refractivity contribution >= 4 is 22.9 Å². The van der Waals surface area contributed by atoms with E-state index < -0.39 is 5.60 Å². The van der Waals surface area contributed by atoms with E-state index in [4.69, 9.17) is 4.74 Å². The fraction of sp³-hybridized carbons (Fsp3) is 0.333. The Morgan fingerprint density at radius 3 is 2.91 bits per heavy atom. The Labute approximate surface area is 135 Å². The molecule has 1 aliphatic heterocycles. The summed E-state index contributed by atoms with van der Waals surface area (Å²) in [6, 6.07) is 9.67. The lowest BCUT2D eigenvalue weighted by molar-refractivity contribution is -0.119. The molecule has 0 radical (unpaired) electrons. The molecule has 0 spiro atoms. The molecule has 3 rings (SSSR count). The molecule has 1 fully saturated rings. The van der Waals surface area contributed by atoms with Gasteiger partial charge in [-0.25, -0.2) is 0 Å². The normalized spacial score (nSPS) is 17.4. The van der Waals surface area contributed by atoms with Crippen molar-refractivity contribution in [2.45, 2.75) is 18.4 Å². The molecule has 1 aliphatic rings. The van der Waals surface area contributed by atoms with Crippen LogP contribution in [-0.4, -0.2) is 41.4 Å². The number of rotatable bonds is 4. The first-order valence-corrected chi connectivity index (χ1v) is 7.76. The van der Waals surface area contributed by atoms with Crippen LogP contribution in [0, 0.1) is 0 Å². The minimum atomic E-state index is -0.856. The second kappa shape index (κ2) is 6.89. The summed E-state index contributed by atoms with van der Waals surface area (Å²) in [6.07, 6.45) is 6.08. The van der Waals surface area contributed by atoms with E-state index in [-0.39, 0.29) is 12.5 Å². The van der Waals surface area contributed by atoms with Crippen molar-refractivity contribution < 1.29 is 14.6 Å². The summed E-state index contributed by atoms with van der Waals surface area (Å²) >= 11 is 0. The van der Waals surface area contributed by atoms with Crippen molar-refractivity contribution in [2.75, 3.05) is 19.8 Å². The third-order valence-electron chi connectivity index (χ3n) is 4.11. The molecule has 2 N–H and O–H groups in total. The van der Waals surface area contributed by atoms with E-state index in [1.807, 2.05) is 30.3 Å². The van der Waals surface area contributed by atoms with E-state index >= 15 is 0 Å². The summed E-state index contributed by atoms with van der Waals surface area (Å²) in [5.41, 5.74) is 0.979. The monoisotopic (exact) mass is 312 g/mol. The van der Waals surface area contributed by atoms with Crippen molar-refractivity contribution in [2.24, 2.45) is 0 Å². The third kappa shape index (κ3) is 3.94. The number of hydrogen-bond donors (Lipinski definition) is 2. The van der Waals surface area contributed by atoms with Crippen LogP contribution >= 0.6 is 0 Å². The highest BCUT2D eigenvalue weighted by molar-refractivity contribution is 5.95. The highest BCUT2D eigenvalue weighted by atomic mass is 16.5. The molecule has 1 aromatic carbocycles. The average Bonchev–Trinajstić information content (AvgIpc) is 2.59. The molecule has 2 aromatic rings. The molecule has 2 heterocycles. The van der Waals surface area contributed by atoms with Gasteiger partial charge in [0.1, 0.15) is 0 Å². The largest absolute Gasteiger partial charge is 0.388 e. The minimum absolute atomic E-state index is 0.217. The van der Waals surface area contributed by atoms with Gasteiger partial charge in [0, 0.05) is 50.3 Å². The topological polar surface area (TPSA) is 71.5 Å². The number of benzene rings is 1. The van der Waals surface area contributed by atoms with E-state index in [1.165, 1.54) is 6.08 Å². The van der Waals surface area contributed by atoms with Gasteiger partial charge in [0.2, 0.25) is 5.91 Å². The van der Waals surface area contributed by atoms with Gasteiger partial charge >= 0.3 is 0 Å². The lowest BCUT2D eigenvalue weighted by Gasteiger charge is -2.31. The predicted molar refractivity (Wildman–Crippen MR) is 88.8 cm³/mol. The van der Waals surface area contributed by atoms with Gasteiger partial charge in [-0.1, -0.05) is 18.2 Å². The lowest BCUT2D eigenvalue weighted by Crippen LogP contribution is -2.46. The highest BCUT2D eigenvalue weighted by Gasteiger charge is 2.29. The number of aromatic nitrogens is 1. The number of amides is 1. The summed E-state index contributed by atoms with van der Waals surface area (Å²) in [7, 11) is 0. The summed E-state index contributed by atoms with van der Waals surface area (Å²) < 4.78 is 5.23. The van der Waals surface area contributed by atoms with E-state index in [2.05, 4.69) is 10.3 Å². The second-order valence-corrected chi connectivity index (χ2v) is 5.81. The maximum absolute atomic E-state index is 12.0. The number of para-hydroxylation sites is 1. The SMILES string of the molecule is O=C(C=Cc1ccnc2ccccc12)NCC1(O)CCOCC1. The predicted octanol–water partition coefficient (Wildman–Crippen LogP) is 1.91. The molecular formula is C18H20N2O3. The van der Waals surface area contributed by atoms with Gasteiger partial charge in [0.05, 0.1) is 11.1 Å². The minimum Gasteiger partial charge on any atom is -0.388 e. The fourth-order valence-corrected chi connectivity index (χ4v) is 2.67. The smallest absolute Gasteiger partial charge is 0.244 e. The first-order valence-electron chi connectivity index (χ1n) is 7.76. The van der Waals surface area contributed by atoms with Crippen LogP contribution in [0.2, 0.25) is 0 Å². The summed E-state index contributed by atoms with van der Waals surface area (Å²) in [4.78, 5) is 16.3. The fourth-order valence-electron chi connectivity index (χ4n) is 2.67. The number of nitrogens with zero attached hydrogens (tertiary/aromatic N) is 1. The average molecular weight is 312 g/mol. The zero-order valence-electron chi connectivity index (χ0n) is 12.9. The van der Waals surface area contributed by atoms with Gasteiger partial charge in [-0.05, 0) is 23.8 Å². The van der Waals surface area contributed by atoms with Gasteiger partial charge in [-0.2, -0.15) is 0 Å². The number of ether oxygens (including phenoxy) is 1. The Morgan fingerprint density at radius 1 is 1.30 bits per heavy atom. The second-order valence-electron chi connectivity index (χ2n) is 5.81. The Kier molecular flexibility index (Phi) is 4.69. The molecule has 120 valence electrons. The quantitative estimate of drug-likeness (QED) is 0.846. The maximum Gasteiger partial charge on any atom is 0.244 e. The molecule has 1 aromatic heterocycles. The molecular weight excluding hydrogens is 292 g/mol. The third-order valence-corrected chi connectivity index (χ3v) is 4.11. The summed E-state index contributed by atoms with van der Waals surface area (Å²) in [6.45, 7) is 1.31. The Hall–Kier alpha value is -2.24. The van der Waals surface area contributed by atoms with Crippen molar-refractivity contribution in [3.05, 3.63) is 48.2 Å². The van der Waals surface area contributed by atoms with Crippen LogP contribution < -0.4 is 5.32 Å². The van der Waals surface area contributed by atoms with Crippen LogP contribution in [0.1, 0.15) is 18.4 Å². The van der Waals surface area contributed by atoms with E-state index in [0.717, 1.165) is 16.5 Å². The molecule has 0 aliphatic carbocycles. The van der Waals surface area contributed by atoms with E-state index in [0.29, 0.717) is 26.1 Å². The summed E-state index contributed by atoms with van der Waals surface area (Å²) in [5, 5.41) is 14.1. The van der Waals surface area contributed by atoms with Crippen LogP contribution in [0.4, 0.5) is 0 Å². The molecule has 23 heavy (non-hydrogen) atoms. The van der Waals surface area contributed by atoms with Gasteiger partial charge in [-0.3, -0.25) is 9.78 Å². The number of carbonyl (C=O) groups excluding carboxylic acids is 1. The number of nitrogens with one attached hydrogen (secondary N) is 1. The molecule has 1 saturated heterocycles. The van der Waals surface area contributed by atoms with E-state index in [9.17, 15) is 9.90 Å². The number of carbonyl (C=O) groups is 1. The van der Waals surface area contributed by atoms with Crippen molar-refractivity contribution in [1.82, 2.24) is 10.3 Å². The van der Waals surface area contributed by atoms with Gasteiger partial charge in [0.15, 0.2) is 0 Å². The van der Waals surface area contributed by atoms with Crippen LogP contribution in [0.25, 0.3) is 17.0 Å². The number of fused-ring (bicyclic) bond motifs is 1. The van der Waals surface area contributed by atoms with Crippen LogP contribution in [0.3, 0.4) is 0 Å². The maximum atomic E-state index is 12.0. The highest BCUT2D eigenvalue weighted by Crippen LogP contribution is 2.19. The van der Waals surface area contributed by atoms with Gasteiger partial charge < -0.3 is 15.2 Å². The van der Waals surface area contributed by atoms with Crippen LogP contribution in [0.5, 0.6) is 0 Å². The molecule has 5 nitrogen and oxygen atoms in total. The number of pyridine rings is 1. The molecule has 5 heteroatoms. The van der Waals surface area contributed by atoms with Crippen molar-refractivity contribution in [1.29, 1.82) is 0 Å². The first-order chi connectivity index (χ1) is 11.2. The molecule has 1 amide bonds. The molecule has 0 atom stereocenters. The van der Waals surface area contributed by atoms with Gasteiger partial charge in [0.25, 0.3) is 0 Å². The number of aliphatic hydroxyl groups is 1. The van der Waals surface area contributed by atoms with Crippen LogP contribution in [-0.2, 0) is 9.53 Å². The lowest BCUT2D eigenvalue weighted by atomic mass is 9.94. The first kappa shape index (κ1) is 15.6. The van der Waals surface area contributed by atoms with E-state index in [1.54, 1.807) is 12.3 Å². The molecule has 0 saturated carbocycles. The Bertz CT molecular complexity index is 716. The Morgan fingerprint density at radius 2 is 2.09 bits per heavy atom. The Balaban J connectivity index is 1.64. The van der Waals surface area contributed by atoms with Crippen molar-refractivity contribution in [3.8, 4) is 0 Å². The standard InChI is InChI=1S/C18H20N2O3/c21-17(20-13-18(22)8-11-23-12-9-18)6-5-14-7-10-19-16-4-2-1-3-15(14)16/h1-7,10,22H,8-9,11-13H2,(H,20,21). The molecule has 0 unspecified atom stereocenters. The molecule has 0 bridgehead atoms. The number of hydrogen-bond acceptors (Lipinski definition) is 4. The zero-order valence-corrected chi connectivity index (χ0v) is 12.9. The van der Waals surface area contributed by atoms with Crippen LogP contribution in [0.15, 0.2) is 42.6 Å². The summed E-state index contributed by atoms with van der Waals surface area (Å²) in [5.74, 6) is -0.217.